The van der Waals surface area contributed by atoms with Crippen LogP contribution in [0.2, 0.25) is 5.02 Å². The predicted molar refractivity (Wildman–Crippen MR) is 71.9 cm³/mol. The molecule has 0 amide bonds. The minimum atomic E-state index is 0.396. The molecule has 0 spiro atoms. The Kier molecular flexibility index (Phi) is 6.36. The third-order valence-corrected chi connectivity index (χ3v) is 3.43. The van der Waals surface area contributed by atoms with Gasteiger partial charge in [-0.2, -0.15) is 0 Å². The van der Waals surface area contributed by atoms with Crippen LogP contribution in [-0.4, -0.2) is 19.8 Å². The summed E-state index contributed by atoms with van der Waals surface area (Å²) in [4.78, 5) is 0. The Bertz CT molecular complexity index is 333. The molecule has 1 unspecified atom stereocenters. The maximum absolute atomic E-state index is 5.89. The van der Waals surface area contributed by atoms with E-state index in [-0.39, 0.29) is 0 Å². The van der Waals surface area contributed by atoms with E-state index in [4.69, 9.17) is 16.3 Å². The third kappa shape index (κ3) is 4.42. The second-order valence-corrected chi connectivity index (χ2v) is 4.97. The highest BCUT2D eigenvalue weighted by Gasteiger charge is 2.06. The van der Waals surface area contributed by atoms with E-state index in [9.17, 15) is 0 Å². The molecule has 2 nitrogen and oxygen atoms in total. The van der Waals surface area contributed by atoms with E-state index in [0.717, 1.165) is 29.1 Å². The molecule has 1 N–H and O–H groups in total. The largest absolute Gasteiger partial charge is 0.383 e. The second-order valence-electron chi connectivity index (χ2n) is 3.68. The molecule has 0 radical (unpaired) electrons. The van der Waals surface area contributed by atoms with Crippen molar-refractivity contribution in [2.75, 3.05) is 13.7 Å². The zero-order valence-corrected chi connectivity index (χ0v) is 11.9. The van der Waals surface area contributed by atoms with Crippen LogP contribution in [0.5, 0.6) is 0 Å². The van der Waals surface area contributed by atoms with E-state index >= 15 is 0 Å². The zero-order chi connectivity index (χ0) is 12.0. The van der Waals surface area contributed by atoms with Crippen LogP contribution in [0.25, 0.3) is 0 Å². The second kappa shape index (κ2) is 7.28. The van der Waals surface area contributed by atoms with Gasteiger partial charge < -0.3 is 10.1 Å². The highest BCUT2D eigenvalue weighted by Crippen LogP contribution is 2.21. The Balaban J connectivity index is 2.53. The Labute approximate surface area is 110 Å². The van der Waals surface area contributed by atoms with Gasteiger partial charge >= 0.3 is 0 Å². The van der Waals surface area contributed by atoms with Crippen LogP contribution in [0.4, 0.5) is 0 Å². The van der Waals surface area contributed by atoms with Gasteiger partial charge in [-0.3, -0.25) is 0 Å². The van der Waals surface area contributed by atoms with E-state index in [1.54, 1.807) is 7.11 Å². The molecule has 0 saturated carbocycles. The number of ether oxygens (including phenoxy) is 1. The highest BCUT2D eigenvalue weighted by molar-refractivity contribution is 9.10. The van der Waals surface area contributed by atoms with Crippen LogP contribution in [0.15, 0.2) is 22.7 Å². The molecular weight excluding hydrogens is 289 g/mol. The molecule has 0 aliphatic carbocycles. The van der Waals surface area contributed by atoms with Crippen molar-refractivity contribution >= 4 is 27.5 Å². The molecule has 1 aromatic rings. The molecular formula is C12H17BrClNO. The maximum atomic E-state index is 5.89. The van der Waals surface area contributed by atoms with E-state index in [2.05, 4.69) is 28.2 Å². The predicted octanol–water partition coefficient (Wildman–Crippen LogP) is 3.62. The number of hydrogen-bond donors (Lipinski definition) is 1. The molecule has 0 fully saturated rings. The number of nitrogens with one attached hydrogen (secondary N) is 1. The first-order chi connectivity index (χ1) is 7.67. The van der Waals surface area contributed by atoms with Gasteiger partial charge in [0.2, 0.25) is 0 Å². The number of rotatable bonds is 6. The Morgan fingerprint density at radius 3 is 2.81 bits per heavy atom. The van der Waals surface area contributed by atoms with Crippen LogP contribution in [0.3, 0.4) is 0 Å². The van der Waals surface area contributed by atoms with Gasteiger partial charge in [-0.25, -0.2) is 0 Å². The standard InChI is InChI=1S/C12H17BrClNO/c1-3-11(8-16-2)15-7-9-4-5-10(14)6-12(9)13/h4-6,11,15H,3,7-8H2,1-2H3. The smallest absolute Gasteiger partial charge is 0.0615 e. The van der Waals surface area contributed by atoms with Crippen molar-refractivity contribution in [2.45, 2.75) is 25.9 Å². The number of benzene rings is 1. The van der Waals surface area contributed by atoms with Gasteiger partial charge in [0, 0.05) is 29.2 Å². The van der Waals surface area contributed by atoms with Crippen LogP contribution in [-0.2, 0) is 11.3 Å². The first kappa shape index (κ1) is 14.0. The van der Waals surface area contributed by atoms with Crippen molar-refractivity contribution in [1.29, 1.82) is 0 Å². The highest BCUT2D eigenvalue weighted by atomic mass is 79.9. The summed E-state index contributed by atoms with van der Waals surface area (Å²) in [7, 11) is 1.72. The summed E-state index contributed by atoms with van der Waals surface area (Å²) in [6.07, 6.45) is 1.05. The first-order valence-electron chi connectivity index (χ1n) is 5.33. The lowest BCUT2D eigenvalue weighted by Crippen LogP contribution is -2.32. The van der Waals surface area contributed by atoms with Crippen LogP contribution >= 0.6 is 27.5 Å². The molecule has 0 heterocycles. The topological polar surface area (TPSA) is 21.3 Å². The van der Waals surface area contributed by atoms with Gasteiger partial charge in [-0.05, 0) is 24.1 Å². The summed E-state index contributed by atoms with van der Waals surface area (Å²) in [6.45, 7) is 3.70. The van der Waals surface area contributed by atoms with Gasteiger partial charge in [0.1, 0.15) is 0 Å². The Morgan fingerprint density at radius 2 is 2.25 bits per heavy atom. The minimum absolute atomic E-state index is 0.396. The molecule has 0 aromatic heterocycles. The molecule has 1 aromatic carbocycles. The Hall–Kier alpha value is -0.0900. The molecule has 90 valence electrons. The lowest BCUT2D eigenvalue weighted by molar-refractivity contribution is 0.164. The van der Waals surface area contributed by atoms with E-state index < -0.39 is 0 Å². The quantitative estimate of drug-likeness (QED) is 0.867. The molecule has 16 heavy (non-hydrogen) atoms. The fourth-order valence-electron chi connectivity index (χ4n) is 1.44. The van der Waals surface area contributed by atoms with Crippen molar-refractivity contribution in [3.05, 3.63) is 33.3 Å². The zero-order valence-electron chi connectivity index (χ0n) is 9.59. The maximum Gasteiger partial charge on any atom is 0.0615 e. The summed E-state index contributed by atoms with van der Waals surface area (Å²) >= 11 is 9.39. The average molecular weight is 307 g/mol. The van der Waals surface area contributed by atoms with Crippen molar-refractivity contribution in [1.82, 2.24) is 5.32 Å². The molecule has 0 aliphatic rings. The normalized spacial score (nSPS) is 12.8. The van der Waals surface area contributed by atoms with E-state index in [1.165, 1.54) is 5.56 Å². The number of methoxy groups -OCH3 is 1. The van der Waals surface area contributed by atoms with Gasteiger partial charge in [0.15, 0.2) is 0 Å². The molecule has 0 saturated heterocycles. The van der Waals surface area contributed by atoms with Crippen LogP contribution in [0, 0.1) is 0 Å². The van der Waals surface area contributed by atoms with Gasteiger partial charge in [-0.15, -0.1) is 0 Å². The third-order valence-electron chi connectivity index (χ3n) is 2.46. The van der Waals surface area contributed by atoms with Gasteiger partial charge in [0.05, 0.1) is 6.61 Å². The first-order valence-corrected chi connectivity index (χ1v) is 6.50. The van der Waals surface area contributed by atoms with Crippen LogP contribution in [0.1, 0.15) is 18.9 Å². The fourth-order valence-corrected chi connectivity index (χ4v) is 2.26. The Morgan fingerprint density at radius 1 is 1.50 bits per heavy atom. The van der Waals surface area contributed by atoms with Crippen LogP contribution < -0.4 is 5.32 Å². The number of hydrogen-bond acceptors (Lipinski definition) is 2. The van der Waals surface area contributed by atoms with Gasteiger partial charge in [0.25, 0.3) is 0 Å². The van der Waals surface area contributed by atoms with Crippen molar-refractivity contribution in [2.24, 2.45) is 0 Å². The summed E-state index contributed by atoms with van der Waals surface area (Å²) in [5.41, 5.74) is 1.21. The molecule has 1 atom stereocenters. The van der Waals surface area contributed by atoms with Crippen molar-refractivity contribution < 1.29 is 4.74 Å². The summed E-state index contributed by atoms with van der Waals surface area (Å²) in [5, 5.41) is 4.20. The van der Waals surface area contributed by atoms with E-state index in [1.807, 2.05) is 18.2 Å². The monoisotopic (exact) mass is 305 g/mol. The van der Waals surface area contributed by atoms with E-state index in [0.29, 0.717) is 6.04 Å². The van der Waals surface area contributed by atoms with Crippen molar-refractivity contribution in [3.63, 3.8) is 0 Å². The molecule has 0 bridgehead atoms. The average Bonchev–Trinajstić information content (AvgIpc) is 2.26. The summed E-state index contributed by atoms with van der Waals surface area (Å²) < 4.78 is 6.18. The molecule has 4 heteroatoms. The SMILES string of the molecule is CCC(COC)NCc1ccc(Cl)cc1Br. The molecule has 0 aliphatic heterocycles. The molecule has 1 rings (SSSR count). The van der Waals surface area contributed by atoms with Gasteiger partial charge in [-0.1, -0.05) is 40.5 Å². The lowest BCUT2D eigenvalue weighted by Gasteiger charge is -2.16. The summed E-state index contributed by atoms with van der Waals surface area (Å²) in [6, 6.07) is 6.24. The van der Waals surface area contributed by atoms with Crippen molar-refractivity contribution in [3.8, 4) is 0 Å². The minimum Gasteiger partial charge on any atom is -0.383 e. The fraction of sp³-hybridized carbons (Fsp3) is 0.500. The number of halogens is 2. The summed E-state index contributed by atoms with van der Waals surface area (Å²) in [5.74, 6) is 0. The lowest BCUT2D eigenvalue weighted by atomic mass is 10.2.